The Morgan fingerprint density at radius 2 is 1.83 bits per heavy atom. The van der Waals surface area contributed by atoms with E-state index in [0.29, 0.717) is 11.4 Å². The van der Waals surface area contributed by atoms with Gasteiger partial charge < -0.3 is 0 Å². The molecule has 0 aliphatic carbocycles. The summed E-state index contributed by atoms with van der Waals surface area (Å²) >= 11 is 3.40. The number of hydrogen-bond acceptors (Lipinski definition) is 2. The maximum atomic E-state index is 12.0. The lowest BCUT2D eigenvalue weighted by Gasteiger charge is -2.11. The zero-order valence-corrected chi connectivity index (χ0v) is 13.4. The van der Waals surface area contributed by atoms with Crippen molar-refractivity contribution in [1.82, 2.24) is 4.72 Å². The molecule has 18 heavy (non-hydrogen) atoms. The van der Waals surface area contributed by atoms with Crippen LogP contribution >= 0.6 is 15.9 Å². The molecule has 0 heterocycles. The molecule has 1 rings (SSSR count). The Hall–Kier alpha value is -0.390. The fraction of sp³-hybridized carbons (Fsp3) is 0.538. The van der Waals surface area contributed by atoms with E-state index in [1.165, 1.54) is 0 Å². The van der Waals surface area contributed by atoms with Crippen molar-refractivity contribution in [1.29, 1.82) is 0 Å². The summed E-state index contributed by atoms with van der Waals surface area (Å²) in [5, 5.41) is 0. The van der Waals surface area contributed by atoms with E-state index >= 15 is 0 Å². The average Bonchev–Trinajstić information content (AvgIpc) is 2.23. The molecule has 0 radical (unpaired) electrons. The van der Waals surface area contributed by atoms with Gasteiger partial charge in [-0.05, 0) is 37.0 Å². The van der Waals surface area contributed by atoms with Crippen molar-refractivity contribution in [3.8, 4) is 0 Å². The van der Waals surface area contributed by atoms with Crippen LogP contribution in [0.3, 0.4) is 0 Å². The number of hydrogen-bond donors (Lipinski definition) is 1. The van der Waals surface area contributed by atoms with Gasteiger partial charge in [-0.3, -0.25) is 0 Å². The third-order valence-electron chi connectivity index (χ3n) is 2.84. The van der Waals surface area contributed by atoms with Gasteiger partial charge in [0.25, 0.3) is 0 Å². The molecule has 0 saturated carbocycles. The summed E-state index contributed by atoms with van der Waals surface area (Å²) in [6, 6.07) is 5.83. The van der Waals surface area contributed by atoms with Gasteiger partial charge in [-0.2, -0.15) is 0 Å². The highest BCUT2D eigenvalue weighted by Crippen LogP contribution is 2.16. The minimum atomic E-state index is -3.25. The molecule has 1 atom stereocenters. The molecule has 0 bridgehead atoms. The van der Waals surface area contributed by atoms with Crippen molar-refractivity contribution in [2.24, 2.45) is 0 Å². The molecule has 1 unspecified atom stereocenters. The topological polar surface area (TPSA) is 46.2 Å². The second kappa shape index (κ2) is 6.68. The van der Waals surface area contributed by atoms with Crippen molar-refractivity contribution in [3.05, 3.63) is 34.9 Å². The highest BCUT2D eigenvalue weighted by Gasteiger charge is 2.14. The third-order valence-corrected chi connectivity index (χ3v) is 4.61. The molecular weight excluding hydrogens is 314 g/mol. The highest BCUT2D eigenvalue weighted by atomic mass is 79.9. The lowest BCUT2D eigenvalue weighted by molar-refractivity contribution is 0.578. The van der Waals surface area contributed by atoms with E-state index < -0.39 is 10.0 Å². The van der Waals surface area contributed by atoms with E-state index in [0.717, 1.165) is 23.1 Å². The van der Waals surface area contributed by atoms with Gasteiger partial charge in [-0.1, -0.05) is 41.1 Å². The molecule has 0 fully saturated rings. The van der Waals surface area contributed by atoms with Crippen LogP contribution in [0.2, 0.25) is 0 Å². The van der Waals surface area contributed by atoms with Crippen molar-refractivity contribution in [3.63, 3.8) is 0 Å². The molecule has 0 aromatic heterocycles. The van der Waals surface area contributed by atoms with Crippen molar-refractivity contribution in [2.75, 3.05) is 6.54 Å². The largest absolute Gasteiger partial charge is 0.215 e. The number of rotatable bonds is 6. The summed E-state index contributed by atoms with van der Waals surface area (Å²) in [7, 11) is -3.25. The molecular formula is C13H20BrNO2S. The molecule has 0 aliphatic heterocycles. The standard InChI is InChI=1S/C13H20BrNO2S/c1-10-5-4-6-11(2)13(10)9-18(16,17)15-8-7-12(3)14/h4-6,12,15H,7-9H2,1-3H3. The van der Waals surface area contributed by atoms with Crippen LogP contribution in [0.1, 0.15) is 30.0 Å². The van der Waals surface area contributed by atoms with Crippen LogP contribution in [0.25, 0.3) is 0 Å². The lowest BCUT2D eigenvalue weighted by Crippen LogP contribution is -2.27. The first kappa shape index (κ1) is 15.7. The number of alkyl halides is 1. The number of sulfonamides is 1. The second-order valence-corrected chi connectivity index (χ2v) is 7.96. The number of nitrogens with one attached hydrogen (secondary N) is 1. The van der Waals surface area contributed by atoms with Crippen molar-refractivity contribution >= 4 is 26.0 Å². The first-order chi connectivity index (χ1) is 8.32. The van der Waals surface area contributed by atoms with Gasteiger partial charge in [0.05, 0.1) is 5.75 Å². The van der Waals surface area contributed by atoms with Crippen LogP contribution < -0.4 is 4.72 Å². The predicted molar refractivity (Wildman–Crippen MR) is 79.5 cm³/mol. The Balaban J connectivity index is 2.71. The monoisotopic (exact) mass is 333 g/mol. The Labute approximate surface area is 118 Å². The van der Waals surface area contributed by atoms with Gasteiger partial charge in [-0.15, -0.1) is 0 Å². The Kier molecular flexibility index (Phi) is 5.82. The summed E-state index contributed by atoms with van der Waals surface area (Å²) in [6.07, 6.45) is 0.784. The van der Waals surface area contributed by atoms with Crippen LogP contribution in [0.4, 0.5) is 0 Å². The molecule has 1 N–H and O–H groups in total. The number of benzene rings is 1. The maximum absolute atomic E-state index is 12.0. The predicted octanol–water partition coefficient (Wildman–Crippen LogP) is 2.90. The first-order valence-corrected chi connectivity index (χ1v) is 8.55. The van der Waals surface area contributed by atoms with Gasteiger partial charge in [0.15, 0.2) is 0 Å². The summed E-state index contributed by atoms with van der Waals surface area (Å²) in [5.41, 5.74) is 2.94. The van der Waals surface area contributed by atoms with Crippen LogP contribution in [-0.4, -0.2) is 19.8 Å². The molecule has 0 aliphatic rings. The SMILES string of the molecule is Cc1cccc(C)c1CS(=O)(=O)NCCC(C)Br. The normalized spacial score (nSPS) is 13.6. The van der Waals surface area contributed by atoms with Gasteiger partial charge in [0.2, 0.25) is 10.0 Å². The van der Waals surface area contributed by atoms with Gasteiger partial charge in [0.1, 0.15) is 0 Å². The Bertz CT molecular complexity index is 477. The average molecular weight is 334 g/mol. The molecule has 0 saturated heterocycles. The fourth-order valence-electron chi connectivity index (χ4n) is 1.73. The highest BCUT2D eigenvalue weighted by molar-refractivity contribution is 9.09. The molecule has 0 amide bonds. The third kappa shape index (κ3) is 5.08. The quantitative estimate of drug-likeness (QED) is 0.813. The van der Waals surface area contributed by atoms with Gasteiger partial charge >= 0.3 is 0 Å². The van der Waals surface area contributed by atoms with E-state index in [9.17, 15) is 8.42 Å². The summed E-state index contributed by atoms with van der Waals surface area (Å²) < 4.78 is 26.6. The summed E-state index contributed by atoms with van der Waals surface area (Å²) in [6.45, 7) is 6.36. The smallest absolute Gasteiger partial charge is 0.215 e. The lowest BCUT2D eigenvalue weighted by atomic mass is 10.1. The molecule has 102 valence electrons. The zero-order valence-electron chi connectivity index (χ0n) is 11.0. The van der Waals surface area contributed by atoms with Gasteiger partial charge in [-0.25, -0.2) is 13.1 Å². The fourth-order valence-corrected chi connectivity index (χ4v) is 3.33. The Morgan fingerprint density at radius 3 is 2.33 bits per heavy atom. The van der Waals surface area contributed by atoms with Crippen LogP contribution in [-0.2, 0) is 15.8 Å². The van der Waals surface area contributed by atoms with E-state index in [1.807, 2.05) is 39.0 Å². The Morgan fingerprint density at radius 1 is 1.28 bits per heavy atom. The van der Waals surface area contributed by atoms with Crippen LogP contribution in [0.5, 0.6) is 0 Å². The second-order valence-electron chi connectivity index (χ2n) is 4.59. The molecule has 1 aromatic carbocycles. The van der Waals surface area contributed by atoms with Crippen molar-refractivity contribution in [2.45, 2.75) is 37.8 Å². The maximum Gasteiger partial charge on any atom is 0.215 e. The van der Waals surface area contributed by atoms with Crippen LogP contribution in [0, 0.1) is 13.8 Å². The summed E-state index contributed by atoms with van der Waals surface area (Å²) in [5.74, 6) is 0.0577. The minimum absolute atomic E-state index is 0.0577. The van der Waals surface area contributed by atoms with Crippen LogP contribution in [0.15, 0.2) is 18.2 Å². The van der Waals surface area contributed by atoms with Gasteiger partial charge in [0, 0.05) is 11.4 Å². The first-order valence-electron chi connectivity index (χ1n) is 5.98. The molecule has 0 spiro atoms. The molecule has 1 aromatic rings. The van der Waals surface area contributed by atoms with Crippen molar-refractivity contribution < 1.29 is 8.42 Å². The minimum Gasteiger partial charge on any atom is -0.215 e. The van der Waals surface area contributed by atoms with E-state index in [2.05, 4.69) is 20.7 Å². The van der Waals surface area contributed by atoms with E-state index in [1.54, 1.807) is 0 Å². The number of aryl methyl sites for hydroxylation is 2. The number of halogens is 1. The van der Waals surface area contributed by atoms with E-state index in [4.69, 9.17) is 0 Å². The molecule has 3 nitrogen and oxygen atoms in total. The molecule has 5 heteroatoms. The zero-order chi connectivity index (χ0) is 13.8. The van der Waals surface area contributed by atoms with E-state index in [-0.39, 0.29) is 5.75 Å². The summed E-state index contributed by atoms with van der Waals surface area (Å²) in [4.78, 5) is 0.320.